The summed E-state index contributed by atoms with van der Waals surface area (Å²) < 4.78 is 5.34. The first-order valence-electron chi connectivity index (χ1n) is 7.93. The average Bonchev–Trinajstić information content (AvgIpc) is 3.09. The third-order valence-corrected chi connectivity index (χ3v) is 5.03. The Morgan fingerprint density at radius 2 is 2.08 bits per heavy atom. The summed E-state index contributed by atoms with van der Waals surface area (Å²) in [6, 6.07) is 3.60. The number of methoxy groups -OCH3 is 1. The summed E-state index contributed by atoms with van der Waals surface area (Å²) >= 11 is 1.39. The van der Waals surface area contributed by atoms with Crippen molar-refractivity contribution in [3.63, 3.8) is 0 Å². The second kappa shape index (κ2) is 10.7. The van der Waals surface area contributed by atoms with E-state index in [1.54, 1.807) is 13.2 Å². The van der Waals surface area contributed by atoms with Crippen molar-refractivity contribution in [3.05, 3.63) is 22.4 Å². The van der Waals surface area contributed by atoms with Gasteiger partial charge in [-0.05, 0) is 37.4 Å². The van der Waals surface area contributed by atoms with Crippen molar-refractivity contribution in [3.8, 4) is 0 Å². The Morgan fingerprint density at radius 1 is 1.33 bits per heavy atom. The smallest absolute Gasteiger partial charge is 0.261 e. The largest absolute Gasteiger partial charge is 0.384 e. The summed E-state index contributed by atoms with van der Waals surface area (Å²) in [5.74, 6) is -0.160. The van der Waals surface area contributed by atoms with Crippen LogP contribution < -0.4 is 16.0 Å². The number of piperidine rings is 1. The number of ether oxygens (including phenoxy) is 1. The molecule has 3 N–H and O–H groups in total. The number of halogens is 1. The van der Waals surface area contributed by atoms with E-state index in [1.165, 1.54) is 11.3 Å². The number of carbonyl (C=O) groups is 2. The van der Waals surface area contributed by atoms with E-state index in [4.69, 9.17) is 4.74 Å². The van der Waals surface area contributed by atoms with Gasteiger partial charge in [0.2, 0.25) is 5.91 Å². The number of thiophene rings is 1. The van der Waals surface area contributed by atoms with Crippen molar-refractivity contribution in [2.45, 2.75) is 19.3 Å². The molecular weight excluding hydrogens is 350 g/mol. The monoisotopic (exact) mass is 375 g/mol. The number of carbonyl (C=O) groups excluding carboxylic acids is 2. The molecule has 0 aliphatic carbocycles. The van der Waals surface area contributed by atoms with Crippen molar-refractivity contribution in [2.75, 3.05) is 39.9 Å². The van der Waals surface area contributed by atoms with Crippen molar-refractivity contribution >= 4 is 35.6 Å². The fourth-order valence-electron chi connectivity index (χ4n) is 2.79. The van der Waals surface area contributed by atoms with Gasteiger partial charge in [0.1, 0.15) is 0 Å². The summed E-state index contributed by atoms with van der Waals surface area (Å²) in [6.07, 6.45) is 2.28. The molecule has 1 aliphatic rings. The number of amides is 2. The molecule has 2 rings (SSSR count). The van der Waals surface area contributed by atoms with E-state index in [0.29, 0.717) is 31.0 Å². The van der Waals surface area contributed by atoms with Gasteiger partial charge in [-0.3, -0.25) is 9.59 Å². The Hall–Kier alpha value is -1.15. The number of hydrogen-bond acceptors (Lipinski definition) is 5. The Balaban J connectivity index is 0.00000288. The lowest BCUT2D eigenvalue weighted by Gasteiger charge is -2.37. The lowest BCUT2D eigenvalue weighted by Crippen LogP contribution is -2.47. The summed E-state index contributed by atoms with van der Waals surface area (Å²) in [5, 5.41) is 10.9. The topological polar surface area (TPSA) is 79.5 Å². The molecule has 1 fully saturated rings. The maximum atomic E-state index is 12.0. The van der Waals surface area contributed by atoms with Gasteiger partial charge in [-0.15, -0.1) is 23.7 Å². The fraction of sp³-hybridized carbons (Fsp3) is 0.625. The zero-order valence-electron chi connectivity index (χ0n) is 13.9. The molecule has 0 saturated carbocycles. The van der Waals surface area contributed by atoms with E-state index in [-0.39, 0.29) is 29.6 Å². The van der Waals surface area contributed by atoms with Crippen LogP contribution in [0.4, 0.5) is 0 Å². The first-order chi connectivity index (χ1) is 11.2. The van der Waals surface area contributed by atoms with Crippen molar-refractivity contribution in [1.82, 2.24) is 16.0 Å². The van der Waals surface area contributed by atoms with Crippen LogP contribution >= 0.6 is 23.7 Å². The molecule has 1 aliphatic heterocycles. The third-order valence-electron chi connectivity index (χ3n) is 4.16. The van der Waals surface area contributed by atoms with Crippen LogP contribution in [-0.2, 0) is 9.53 Å². The predicted molar refractivity (Wildman–Crippen MR) is 97.9 cm³/mol. The number of hydrogen-bond donors (Lipinski definition) is 3. The molecule has 0 bridgehead atoms. The molecule has 1 saturated heterocycles. The molecule has 8 heteroatoms. The van der Waals surface area contributed by atoms with E-state index < -0.39 is 0 Å². The van der Waals surface area contributed by atoms with Crippen LogP contribution in [0.15, 0.2) is 17.5 Å². The van der Waals surface area contributed by atoms with Crippen LogP contribution in [0.5, 0.6) is 0 Å². The number of nitrogens with one attached hydrogen (secondary N) is 3. The molecule has 0 spiro atoms. The lowest BCUT2D eigenvalue weighted by molar-refractivity contribution is -0.121. The van der Waals surface area contributed by atoms with Gasteiger partial charge in [0.15, 0.2) is 0 Å². The average molecular weight is 376 g/mol. The molecule has 0 radical (unpaired) electrons. The number of rotatable bonds is 8. The van der Waals surface area contributed by atoms with Gasteiger partial charge < -0.3 is 20.7 Å². The maximum absolute atomic E-state index is 12.0. The summed E-state index contributed by atoms with van der Waals surface area (Å²) in [7, 11) is 1.70. The summed E-state index contributed by atoms with van der Waals surface area (Å²) in [4.78, 5) is 24.4. The highest BCUT2D eigenvalue weighted by Crippen LogP contribution is 2.28. The molecule has 1 aromatic heterocycles. The second-order valence-corrected chi connectivity index (χ2v) is 6.89. The summed E-state index contributed by atoms with van der Waals surface area (Å²) in [6.45, 7) is 3.54. The molecule has 6 nitrogen and oxygen atoms in total. The second-order valence-electron chi connectivity index (χ2n) is 5.94. The molecule has 1 aromatic rings. The minimum absolute atomic E-state index is 0. The molecule has 0 atom stereocenters. The maximum Gasteiger partial charge on any atom is 0.261 e. The van der Waals surface area contributed by atoms with Crippen molar-refractivity contribution < 1.29 is 14.3 Å². The van der Waals surface area contributed by atoms with Crippen LogP contribution in [0, 0.1) is 5.41 Å². The van der Waals surface area contributed by atoms with E-state index in [9.17, 15) is 9.59 Å². The molecule has 2 amide bonds. The quantitative estimate of drug-likeness (QED) is 0.642. The first-order valence-corrected chi connectivity index (χ1v) is 8.81. The van der Waals surface area contributed by atoms with Gasteiger partial charge in [-0.2, -0.15) is 0 Å². The zero-order valence-corrected chi connectivity index (χ0v) is 15.6. The highest BCUT2D eigenvalue weighted by Gasteiger charge is 2.32. The Kier molecular flexibility index (Phi) is 9.28. The zero-order chi connectivity index (χ0) is 16.5. The Bertz CT molecular complexity index is 499. The van der Waals surface area contributed by atoms with E-state index in [0.717, 1.165) is 25.9 Å². The minimum Gasteiger partial charge on any atom is -0.384 e. The van der Waals surface area contributed by atoms with Crippen LogP contribution in [-0.4, -0.2) is 51.7 Å². The van der Waals surface area contributed by atoms with E-state index in [2.05, 4.69) is 16.0 Å². The standard InChI is InChI=1S/C16H25N3O3S.ClH/c1-22-12-16(5-8-17-9-6-16)11-19-14(20)4-7-18-15(21)13-3-2-10-23-13;/h2-3,10,17H,4-9,11-12H2,1H3,(H,18,21)(H,19,20);1H. The Labute approximate surface area is 153 Å². The van der Waals surface area contributed by atoms with Crippen LogP contribution in [0.25, 0.3) is 0 Å². The Morgan fingerprint density at radius 3 is 2.71 bits per heavy atom. The molecule has 0 unspecified atom stereocenters. The molecule has 0 aromatic carbocycles. The highest BCUT2D eigenvalue weighted by molar-refractivity contribution is 7.12. The van der Waals surface area contributed by atoms with Crippen molar-refractivity contribution in [2.24, 2.45) is 5.41 Å². The molecule has 24 heavy (non-hydrogen) atoms. The fourth-order valence-corrected chi connectivity index (χ4v) is 3.43. The third kappa shape index (κ3) is 6.39. The van der Waals surface area contributed by atoms with Gasteiger partial charge in [-0.1, -0.05) is 6.07 Å². The van der Waals surface area contributed by atoms with Gasteiger partial charge in [-0.25, -0.2) is 0 Å². The predicted octanol–water partition coefficient (Wildman–Crippen LogP) is 1.42. The first kappa shape index (κ1) is 20.9. The van der Waals surface area contributed by atoms with Gasteiger partial charge in [0, 0.05) is 32.0 Å². The molecule has 2 heterocycles. The van der Waals surface area contributed by atoms with Gasteiger partial charge >= 0.3 is 0 Å². The van der Waals surface area contributed by atoms with Gasteiger partial charge in [0.05, 0.1) is 11.5 Å². The minimum atomic E-state index is -0.123. The van der Waals surface area contributed by atoms with Crippen LogP contribution in [0.3, 0.4) is 0 Å². The lowest BCUT2D eigenvalue weighted by atomic mass is 9.79. The normalized spacial score (nSPS) is 16.0. The summed E-state index contributed by atoms with van der Waals surface area (Å²) in [5.41, 5.74) is 0.0237. The molecule has 136 valence electrons. The van der Waals surface area contributed by atoms with Gasteiger partial charge in [0.25, 0.3) is 5.91 Å². The van der Waals surface area contributed by atoms with Crippen LogP contribution in [0.1, 0.15) is 28.9 Å². The van der Waals surface area contributed by atoms with Crippen molar-refractivity contribution in [1.29, 1.82) is 0 Å². The SMILES string of the molecule is COCC1(CNC(=O)CCNC(=O)c2cccs2)CCNCC1.Cl. The van der Waals surface area contributed by atoms with E-state index in [1.807, 2.05) is 11.4 Å². The molecular formula is C16H26ClN3O3S. The van der Waals surface area contributed by atoms with Crippen LogP contribution in [0.2, 0.25) is 0 Å². The highest BCUT2D eigenvalue weighted by atomic mass is 35.5. The van der Waals surface area contributed by atoms with E-state index >= 15 is 0 Å².